The molecule has 0 radical (unpaired) electrons. The zero-order valence-corrected chi connectivity index (χ0v) is 13.1. The fourth-order valence-corrected chi connectivity index (χ4v) is 2.24. The van der Waals surface area contributed by atoms with Gasteiger partial charge in [0, 0.05) is 6.54 Å². The number of alkyl halides is 3. The number of nitrogens with zero attached hydrogens (tertiary/aromatic N) is 1. The van der Waals surface area contributed by atoms with Crippen LogP contribution in [0.5, 0.6) is 0 Å². The summed E-state index contributed by atoms with van der Waals surface area (Å²) in [5, 5.41) is 2.53. The van der Waals surface area contributed by atoms with Gasteiger partial charge in [0.05, 0.1) is 23.5 Å². The molecule has 0 heterocycles. The first-order valence-electron chi connectivity index (χ1n) is 7.25. The topological polar surface area (TPSA) is 58.4 Å². The quantitative estimate of drug-likeness (QED) is 0.823. The third kappa shape index (κ3) is 4.99. The molecule has 0 unspecified atom stereocenters. The summed E-state index contributed by atoms with van der Waals surface area (Å²) in [6, 6.07) is 12.5. The Morgan fingerprint density at radius 2 is 1.83 bits per heavy atom. The van der Waals surface area contributed by atoms with Crippen molar-refractivity contribution in [3.8, 4) is 0 Å². The lowest BCUT2D eigenvalue weighted by Crippen LogP contribution is -2.30. The summed E-state index contributed by atoms with van der Waals surface area (Å²) in [5.41, 5.74) is 5.85. The molecule has 2 aromatic carbocycles. The fourth-order valence-electron chi connectivity index (χ4n) is 2.24. The standard InChI is InChI=1S/C17H18F3N3O/c1-23(10-12-5-3-2-4-6-12)11-16(24)22-15-8-7-13(9-14(15)21)17(18,19)20/h2-9H,10-11,21H2,1H3,(H,22,24). The Hall–Kier alpha value is -2.54. The molecular formula is C17H18F3N3O. The number of hydrogen-bond acceptors (Lipinski definition) is 3. The Balaban J connectivity index is 1.95. The van der Waals surface area contributed by atoms with Crippen LogP contribution in [0, 0.1) is 0 Å². The Kier molecular flexibility index (Phi) is 5.46. The number of halogens is 3. The van der Waals surface area contributed by atoms with Gasteiger partial charge in [0.1, 0.15) is 0 Å². The second kappa shape index (κ2) is 7.35. The molecule has 1 amide bonds. The Morgan fingerprint density at radius 3 is 2.42 bits per heavy atom. The zero-order valence-electron chi connectivity index (χ0n) is 13.1. The number of benzene rings is 2. The smallest absolute Gasteiger partial charge is 0.397 e. The summed E-state index contributed by atoms with van der Waals surface area (Å²) >= 11 is 0. The minimum Gasteiger partial charge on any atom is -0.397 e. The number of rotatable bonds is 5. The van der Waals surface area contributed by atoms with E-state index in [-0.39, 0.29) is 23.8 Å². The van der Waals surface area contributed by atoms with Crippen LogP contribution in [0.25, 0.3) is 0 Å². The van der Waals surface area contributed by atoms with E-state index in [1.54, 1.807) is 11.9 Å². The molecule has 7 heteroatoms. The Labute approximate surface area is 138 Å². The molecule has 0 aliphatic heterocycles. The zero-order chi connectivity index (χ0) is 17.7. The van der Waals surface area contributed by atoms with Crippen LogP contribution in [0.4, 0.5) is 24.5 Å². The summed E-state index contributed by atoms with van der Waals surface area (Å²) in [6.07, 6.45) is -4.47. The van der Waals surface area contributed by atoms with E-state index in [0.717, 1.165) is 23.8 Å². The summed E-state index contributed by atoms with van der Waals surface area (Å²) in [6.45, 7) is 0.673. The molecule has 2 aromatic rings. The maximum Gasteiger partial charge on any atom is 0.416 e. The summed E-state index contributed by atoms with van der Waals surface area (Å²) in [4.78, 5) is 13.8. The van der Waals surface area contributed by atoms with Gasteiger partial charge in [-0.2, -0.15) is 13.2 Å². The lowest BCUT2D eigenvalue weighted by atomic mass is 10.1. The molecule has 0 atom stereocenters. The third-order valence-electron chi connectivity index (χ3n) is 3.36. The number of hydrogen-bond donors (Lipinski definition) is 2. The number of likely N-dealkylation sites (N-methyl/N-ethyl adjacent to an activating group) is 1. The van der Waals surface area contributed by atoms with Crippen LogP contribution >= 0.6 is 0 Å². The molecule has 2 rings (SSSR count). The molecule has 0 bridgehead atoms. The number of nitrogens with two attached hydrogens (primary N) is 1. The number of amides is 1. The van der Waals surface area contributed by atoms with Gasteiger partial charge in [-0.25, -0.2) is 0 Å². The molecule has 0 aromatic heterocycles. The number of nitrogen functional groups attached to an aromatic ring is 1. The van der Waals surface area contributed by atoms with Gasteiger partial charge < -0.3 is 11.1 Å². The van der Waals surface area contributed by atoms with Gasteiger partial charge >= 0.3 is 6.18 Å². The summed E-state index contributed by atoms with van der Waals surface area (Å²) in [5.74, 6) is -0.347. The molecule has 4 nitrogen and oxygen atoms in total. The van der Waals surface area contributed by atoms with E-state index < -0.39 is 11.7 Å². The average molecular weight is 337 g/mol. The van der Waals surface area contributed by atoms with Crippen molar-refractivity contribution in [2.45, 2.75) is 12.7 Å². The van der Waals surface area contributed by atoms with Gasteiger partial charge in [-0.05, 0) is 30.8 Å². The minimum absolute atomic E-state index is 0.0926. The van der Waals surface area contributed by atoms with Crippen molar-refractivity contribution in [3.05, 3.63) is 59.7 Å². The maximum atomic E-state index is 12.6. The van der Waals surface area contributed by atoms with E-state index in [0.29, 0.717) is 6.54 Å². The molecule has 0 saturated heterocycles. The van der Waals surface area contributed by atoms with Crippen molar-refractivity contribution < 1.29 is 18.0 Å². The van der Waals surface area contributed by atoms with E-state index in [1.165, 1.54) is 0 Å². The highest BCUT2D eigenvalue weighted by Crippen LogP contribution is 2.32. The van der Waals surface area contributed by atoms with E-state index >= 15 is 0 Å². The lowest BCUT2D eigenvalue weighted by molar-refractivity contribution is -0.137. The first-order chi connectivity index (χ1) is 11.3. The summed E-state index contributed by atoms with van der Waals surface area (Å²) in [7, 11) is 1.78. The molecular weight excluding hydrogens is 319 g/mol. The van der Waals surface area contributed by atoms with Crippen LogP contribution in [-0.2, 0) is 17.5 Å². The van der Waals surface area contributed by atoms with Crippen molar-refractivity contribution in [2.75, 3.05) is 24.6 Å². The first-order valence-corrected chi connectivity index (χ1v) is 7.25. The fraction of sp³-hybridized carbons (Fsp3) is 0.235. The number of carbonyl (C=O) groups excluding carboxylic acids is 1. The number of carbonyl (C=O) groups is 1. The average Bonchev–Trinajstić information content (AvgIpc) is 2.49. The maximum absolute atomic E-state index is 12.6. The largest absolute Gasteiger partial charge is 0.416 e. The van der Waals surface area contributed by atoms with Gasteiger partial charge in [-0.3, -0.25) is 9.69 Å². The molecule has 3 N–H and O–H groups in total. The SMILES string of the molecule is CN(CC(=O)Nc1ccc(C(F)(F)F)cc1N)Cc1ccccc1. The minimum atomic E-state index is -4.47. The van der Waals surface area contributed by atoms with E-state index in [9.17, 15) is 18.0 Å². The number of nitrogens with one attached hydrogen (secondary N) is 1. The van der Waals surface area contributed by atoms with Crippen molar-refractivity contribution in [1.82, 2.24) is 4.90 Å². The highest BCUT2D eigenvalue weighted by molar-refractivity contribution is 5.95. The highest BCUT2D eigenvalue weighted by Gasteiger charge is 2.30. The predicted molar refractivity (Wildman–Crippen MR) is 87.3 cm³/mol. The van der Waals surface area contributed by atoms with Gasteiger partial charge in [0.2, 0.25) is 5.91 Å². The highest BCUT2D eigenvalue weighted by atomic mass is 19.4. The summed E-state index contributed by atoms with van der Waals surface area (Å²) < 4.78 is 37.8. The van der Waals surface area contributed by atoms with Crippen LogP contribution in [0.2, 0.25) is 0 Å². The van der Waals surface area contributed by atoms with Gasteiger partial charge in [0.25, 0.3) is 0 Å². The van der Waals surface area contributed by atoms with Crippen LogP contribution in [0.1, 0.15) is 11.1 Å². The first kappa shape index (κ1) is 17.8. The Bertz CT molecular complexity index is 702. The molecule has 0 spiro atoms. The second-order valence-electron chi connectivity index (χ2n) is 5.51. The van der Waals surface area contributed by atoms with Gasteiger partial charge in [-0.1, -0.05) is 30.3 Å². The van der Waals surface area contributed by atoms with Crippen LogP contribution in [0.3, 0.4) is 0 Å². The molecule has 0 fully saturated rings. The van der Waals surface area contributed by atoms with Crippen LogP contribution in [0.15, 0.2) is 48.5 Å². The third-order valence-corrected chi connectivity index (χ3v) is 3.36. The van der Waals surface area contributed by atoms with E-state index in [1.807, 2.05) is 30.3 Å². The normalized spacial score (nSPS) is 11.5. The molecule has 0 aliphatic rings. The predicted octanol–water partition coefficient (Wildman–Crippen LogP) is 3.36. The Morgan fingerprint density at radius 1 is 1.17 bits per heavy atom. The number of anilines is 2. The molecule has 128 valence electrons. The van der Waals surface area contributed by atoms with E-state index in [2.05, 4.69) is 5.32 Å². The van der Waals surface area contributed by atoms with Gasteiger partial charge in [0.15, 0.2) is 0 Å². The van der Waals surface area contributed by atoms with Crippen molar-refractivity contribution in [3.63, 3.8) is 0 Å². The molecule has 0 aliphatic carbocycles. The van der Waals surface area contributed by atoms with Crippen LogP contribution in [-0.4, -0.2) is 24.4 Å². The lowest BCUT2D eigenvalue weighted by Gasteiger charge is -2.17. The second-order valence-corrected chi connectivity index (χ2v) is 5.51. The van der Waals surface area contributed by atoms with Gasteiger partial charge in [-0.15, -0.1) is 0 Å². The van der Waals surface area contributed by atoms with Crippen molar-refractivity contribution >= 4 is 17.3 Å². The van der Waals surface area contributed by atoms with Crippen molar-refractivity contribution in [1.29, 1.82) is 0 Å². The van der Waals surface area contributed by atoms with Crippen molar-refractivity contribution in [2.24, 2.45) is 0 Å². The van der Waals surface area contributed by atoms with E-state index in [4.69, 9.17) is 5.73 Å². The monoisotopic (exact) mass is 337 g/mol. The molecule has 0 saturated carbocycles. The molecule has 24 heavy (non-hydrogen) atoms. The van der Waals surface area contributed by atoms with Crippen LogP contribution < -0.4 is 11.1 Å².